The molecule has 0 aromatic carbocycles. The van der Waals surface area contributed by atoms with Crippen LogP contribution in [0.3, 0.4) is 0 Å². The Morgan fingerprint density at radius 2 is 0.550 bits per heavy atom. The third kappa shape index (κ3) is 46.9. The lowest BCUT2D eigenvalue weighted by Gasteiger charge is -2.18. The lowest BCUT2D eigenvalue weighted by molar-refractivity contribution is -0.167. The quantitative estimate of drug-likeness (QED) is 0.0263. The van der Waals surface area contributed by atoms with Gasteiger partial charge in [-0.15, -0.1) is 0 Å². The van der Waals surface area contributed by atoms with Crippen LogP contribution in [0, 0.1) is 0 Å². The largest absolute Gasteiger partial charge is 0.462 e. The zero-order chi connectivity index (χ0) is 43.7. The summed E-state index contributed by atoms with van der Waals surface area (Å²) >= 11 is 0. The molecule has 0 amide bonds. The standard InChI is InChI=1S/C54H100O6/c1-4-7-10-13-16-19-22-25-27-29-32-35-38-41-44-47-53(56)59-50-51(49-58-52(55)46-43-40-37-34-31-24-21-18-15-12-9-6-3)60-54(57)48-45-42-39-36-33-30-28-26-23-20-17-14-11-8-5-2/h25-28,51H,4-24,29-50H2,1-3H3/t51-/m1/s1. The van der Waals surface area contributed by atoms with Gasteiger partial charge in [-0.2, -0.15) is 0 Å². The van der Waals surface area contributed by atoms with Crippen molar-refractivity contribution in [1.82, 2.24) is 0 Å². The van der Waals surface area contributed by atoms with Gasteiger partial charge < -0.3 is 14.2 Å². The molecule has 1 atom stereocenters. The van der Waals surface area contributed by atoms with Crippen molar-refractivity contribution in [2.24, 2.45) is 0 Å². The third-order valence-corrected chi connectivity index (χ3v) is 11.7. The van der Waals surface area contributed by atoms with Gasteiger partial charge in [0.2, 0.25) is 0 Å². The van der Waals surface area contributed by atoms with Crippen LogP contribution in [-0.4, -0.2) is 37.2 Å². The molecular formula is C54H100O6. The first-order chi connectivity index (χ1) is 29.5. The SMILES string of the molecule is CCCCCCCCC=CCCCCCCCC(=O)OC[C@@H](COC(=O)CCCCCCCCCCCCCC)OC(=O)CCCCCCCC=CCCCCCCCC. The first-order valence-electron chi connectivity index (χ1n) is 26.3. The zero-order valence-electron chi connectivity index (χ0n) is 40.2. The minimum atomic E-state index is -0.774. The number of ether oxygens (including phenoxy) is 3. The molecule has 0 spiro atoms. The highest BCUT2D eigenvalue weighted by Crippen LogP contribution is 2.15. The molecule has 0 aliphatic rings. The molecule has 6 heteroatoms. The van der Waals surface area contributed by atoms with Gasteiger partial charge in [0.05, 0.1) is 0 Å². The minimum absolute atomic E-state index is 0.0735. The molecular weight excluding hydrogens is 745 g/mol. The van der Waals surface area contributed by atoms with Crippen LogP contribution < -0.4 is 0 Å². The van der Waals surface area contributed by atoms with Crippen LogP contribution in [0.4, 0.5) is 0 Å². The van der Waals surface area contributed by atoms with E-state index < -0.39 is 6.10 Å². The maximum absolute atomic E-state index is 12.8. The molecule has 0 N–H and O–H groups in total. The Morgan fingerprint density at radius 3 is 0.833 bits per heavy atom. The molecule has 60 heavy (non-hydrogen) atoms. The van der Waals surface area contributed by atoms with Crippen molar-refractivity contribution in [3.8, 4) is 0 Å². The third-order valence-electron chi connectivity index (χ3n) is 11.7. The maximum Gasteiger partial charge on any atom is 0.306 e. The van der Waals surface area contributed by atoms with Gasteiger partial charge in [0.1, 0.15) is 13.2 Å². The second-order valence-corrected chi connectivity index (χ2v) is 17.8. The molecule has 0 bridgehead atoms. The molecule has 0 aromatic rings. The zero-order valence-corrected chi connectivity index (χ0v) is 40.2. The van der Waals surface area contributed by atoms with E-state index in [0.29, 0.717) is 19.3 Å². The average Bonchev–Trinajstić information content (AvgIpc) is 3.24. The predicted octanol–water partition coefficient (Wildman–Crippen LogP) is 17.2. The molecule has 0 saturated heterocycles. The van der Waals surface area contributed by atoms with Crippen molar-refractivity contribution in [3.63, 3.8) is 0 Å². The topological polar surface area (TPSA) is 78.9 Å². The Labute approximate surface area is 373 Å². The summed E-state index contributed by atoms with van der Waals surface area (Å²) in [6.45, 7) is 6.64. The number of hydrogen-bond acceptors (Lipinski definition) is 6. The van der Waals surface area contributed by atoms with E-state index in [-0.39, 0.29) is 31.1 Å². The van der Waals surface area contributed by atoms with Crippen molar-refractivity contribution in [3.05, 3.63) is 24.3 Å². The van der Waals surface area contributed by atoms with Gasteiger partial charge >= 0.3 is 17.9 Å². The Bertz CT molecular complexity index is 973. The summed E-state index contributed by atoms with van der Waals surface area (Å²) in [4.78, 5) is 37.9. The Balaban J connectivity index is 4.36. The van der Waals surface area contributed by atoms with E-state index in [1.165, 1.54) is 173 Å². The van der Waals surface area contributed by atoms with Crippen LogP contribution >= 0.6 is 0 Å². The lowest BCUT2D eigenvalue weighted by Crippen LogP contribution is -2.30. The maximum atomic E-state index is 12.8. The minimum Gasteiger partial charge on any atom is -0.462 e. The van der Waals surface area contributed by atoms with E-state index in [0.717, 1.165) is 70.6 Å². The fourth-order valence-corrected chi connectivity index (χ4v) is 7.67. The Hall–Kier alpha value is -2.11. The van der Waals surface area contributed by atoms with Crippen molar-refractivity contribution >= 4 is 17.9 Å². The molecule has 0 aliphatic carbocycles. The number of carbonyl (C=O) groups is 3. The van der Waals surface area contributed by atoms with E-state index in [1.807, 2.05) is 0 Å². The van der Waals surface area contributed by atoms with E-state index in [4.69, 9.17) is 14.2 Å². The van der Waals surface area contributed by atoms with Crippen LogP contribution in [0.15, 0.2) is 24.3 Å². The van der Waals surface area contributed by atoms with Crippen LogP contribution in [-0.2, 0) is 28.6 Å². The molecule has 6 nitrogen and oxygen atoms in total. The smallest absolute Gasteiger partial charge is 0.306 e. The van der Waals surface area contributed by atoms with Crippen molar-refractivity contribution in [2.75, 3.05) is 13.2 Å². The number of unbranched alkanes of at least 4 members (excludes halogenated alkanes) is 33. The Kier molecular flexibility index (Phi) is 47.8. The number of allylic oxidation sites excluding steroid dienone is 4. The van der Waals surface area contributed by atoms with Crippen LogP contribution in [0.25, 0.3) is 0 Å². The van der Waals surface area contributed by atoms with E-state index >= 15 is 0 Å². The highest BCUT2D eigenvalue weighted by Gasteiger charge is 2.19. The molecule has 0 unspecified atom stereocenters. The van der Waals surface area contributed by atoms with Crippen LogP contribution in [0.1, 0.15) is 284 Å². The molecule has 0 fully saturated rings. The molecule has 352 valence electrons. The van der Waals surface area contributed by atoms with Gasteiger partial charge in [0.25, 0.3) is 0 Å². The van der Waals surface area contributed by atoms with E-state index in [1.54, 1.807) is 0 Å². The second kappa shape index (κ2) is 49.5. The first kappa shape index (κ1) is 57.9. The van der Waals surface area contributed by atoms with Gasteiger partial charge in [-0.1, -0.05) is 218 Å². The Morgan fingerprint density at radius 1 is 0.317 bits per heavy atom. The summed E-state index contributed by atoms with van der Waals surface area (Å²) in [6, 6.07) is 0. The molecule has 0 saturated carbocycles. The normalized spacial score (nSPS) is 12.1. The summed E-state index contributed by atoms with van der Waals surface area (Å²) in [7, 11) is 0. The summed E-state index contributed by atoms with van der Waals surface area (Å²) < 4.78 is 16.8. The molecule has 0 aliphatic heterocycles. The summed E-state index contributed by atoms with van der Waals surface area (Å²) in [6.07, 6.45) is 55.8. The molecule has 0 heterocycles. The number of rotatable bonds is 48. The predicted molar refractivity (Wildman–Crippen MR) is 256 cm³/mol. The fourth-order valence-electron chi connectivity index (χ4n) is 7.67. The molecule has 0 rings (SSSR count). The van der Waals surface area contributed by atoms with Crippen LogP contribution in [0.5, 0.6) is 0 Å². The number of hydrogen-bond donors (Lipinski definition) is 0. The average molecular weight is 845 g/mol. The van der Waals surface area contributed by atoms with Gasteiger partial charge in [-0.25, -0.2) is 0 Å². The summed E-state index contributed by atoms with van der Waals surface area (Å²) in [5.41, 5.74) is 0. The van der Waals surface area contributed by atoms with E-state index in [9.17, 15) is 14.4 Å². The van der Waals surface area contributed by atoms with Crippen molar-refractivity contribution in [2.45, 2.75) is 290 Å². The highest BCUT2D eigenvalue weighted by atomic mass is 16.6. The fraction of sp³-hybridized carbons (Fsp3) is 0.870. The first-order valence-corrected chi connectivity index (χ1v) is 26.3. The molecule has 0 radical (unpaired) electrons. The summed E-state index contributed by atoms with van der Waals surface area (Å²) in [5.74, 6) is -0.878. The van der Waals surface area contributed by atoms with Gasteiger partial charge in [-0.3, -0.25) is 14.4 Å². The lowest BCUT2D eigenvalue weighted by atomic mass is 10.0. The van der Waals surface area contributed by atoms with E-state index in [2.05, 4.69) is 45.1 Å². The van der Waals surface area contributed by atoms with Crippen molar-refractivity contribution < 1.29 is 28.6 Å². The summed E-state index contributed by atoms with van der Waals surface area (Å²) in [5, 5.41) is 0. The van der Waals surface area contributed by atoms with Crippen molar-refractivity contribution in [1.29, 1.82) is 0 Å². The van der Waals surface area contributed by atoms with Gasteiger partial charge in [0, 0.05) is 19.3 Å². The molecule has 0 aromatic heterocycles. The van der Waals surface area contributed by atoms with Gasteiger partial charge in [-0.05, 0) is 70.6 Å². The highest BCUT2D eigenvalue weighted by molar-refractivity contribution is 5.71. The second-order valence-electron chi connectivity index (χ2n) is 17.8. The number of carbonyl (C=O) groups excluding carboxylic acids is 3. The number of esters is 3. The van der Waals surface area contributed by atoms with Gasteiger partial charge in [0.15, 0.2) is 6.10 Å². The monoisotopic (exact) mass is 845 g/mol. The van der Waals surface area contributed by atoms with Crippen LogP contribution in [0.2, 0.25) is 0 Å².